The van der Waals surface area contributed by atoms with Crippen LogP contribution in [0, 0.1) is 0 Å². The second kappa shape index (κ2) is 12.5. The lowest BCUT2D eigenvalue weighted by Gasteiger charge is -2.22. The first-order valence-electron chi connectivity index (χ1n) is 9.61. The van der Waals surface area contributed by atoms with Gasteiger partial charge in [-0.3, -0.25) is 4.79 Å². The molecule has 0 spiro atoms. The number of esters is 1. The number of rotatable bonds is 10. The van der Waals surface area contributed by atoms with E-state index in [9.17, 15) is 14.4 Å². The van der Waals surface area contributed by atoms with Crippen LogP contribution in [0.2, 0.25) is 0 Å². The zero-order valence-electron chi connectivity index (χ0n) is 17.2. The SMILES string of the molecule is C=C(Br)C[C@@H](NC(=O)[C@@H](Cc1ccccc1)NC(=O)OCc1ccccc1)C(=O)OC. The highest BCUT2D eigenvalue weighted by molar-refractivity contribution is 9.11. The minimum Gasteiger partial charge on any atom is -0.467 e. The third kappa shape index (κ3) is 8.64. The summed E-state index contributed by atoms with van der Waals surface area (Å²) in [6.07, 6.45) is -0.370. The van der Waals surface area contributed by atoms with E-state index < -0.39 is 30.1 Å². The third-order valence-corrected chi connectivity index (χ3v) is 4.66. The summed E-state index contributed by atoms with van der Waals surface area (Å²) < 4.78 is 10.5. The van der Waals surface area contributed by atoms with Crippen molar-refractivity contribution >= 4 is 33.9 Å². The van der Waals surface area contributed by atoms with Crippen molar-refractivity contribution in [2.75, 3.05) is 7.11 Å². The Morgan fingerprint density at radius 2 is 1.52 bits per heavy atom. The molecule has 0 unspecified atom stereocenters. The lowest BCUT2D eigenvalue weighted by molar-refractivity contribution is -0.145. The van der Waals surface area contributed by atoms with Gasteiger partial charge in [0.1, 0.15) is 18.7 Å². The first kappa shape index (κ1) is 24.1. The van der Waals surface area contributed by atoms with E-state index in [1.165, 1.54) is 7.11 Å². The van der Waals surface area contributed by atoms with Gasteiger partial charge in [-0.05, 0) is 15.6 Å². The minimum atomic E-state index is -0.957. The summed E-state index contributed by atoms with van der Waals surface area (Å²) in [7, 11) is 1.24. The number of nitrogens with one attached hydrogen (secondary N) is 2. The Balaban J connectivity index is 2.08. The Bertz CT molecular complexity index is 889. The number of methoxy groups -OCH3 is 1. The van der Waals surface area contributed by atoms with Crippen LogP contribution in [0.5, 0.6) is 0 Å². The standard InChI is InChI=1S/C23H25BrN2O5/c1-16(24)13-20(22(28)30-2)25-21(27)19(14-17-9-5-3-6-10-17)26-23(29)31-15-18-11-7-4-8-12-18/h3-12,19-20H,1,13-15H2,2H3,(H,25,27)(H,26,29)/t19-,20-/m1/s1. The number of benzene rings is 2. The molecule has 7 nitrogen and oxygen atoms in total. The Morgan fingerprint density at radius 1 is 0.935 bits per heavy atom. The van der Waals surface area contributed by atoms with Crippen molar-refractivity contribution in [1.29, 1.82) is 0 Å². The maximum absolute atomic E-state index is 12.9. The van der Waals surface area contributed by atoms with Crippen LogP contribution in [-0.4, -0.2) is 37.2 Å². The summed E-state index contributed by atoms with van der Waals surface area (Å²) in [6.45, 7) is 3.77. The Hall–Kier alpha value is -3.13. The Labute approximate surface area is 189 Å². The highest BCUT2D eigenvalue weighted by Gasteiger charge is 2.28. The van der Waals surface area contributed by atoms with Crippen LogP contribution < -0.4 is 10.6 Å². The zero-order chi connectivity index (χ0) is 22.6. The fourth-order valence-corrected chi connectivity index (χ4v) is 3.12. The molecule has 2 N–H and O–H groups in total. The topological polar surface area (TPSA) is 93.7 Å². The average Bonchev–Trinajstić information content (AvgIpc) is 2.77. The Morgan fingerprint density at radius 3 is 2.06 bits per heavy atom. The number of halogens is 1. The van der Waals surface area contributed by atoms with Gasteiger partial charge in [-0.1, -0.05) is 83.2 Å². The second-order valence-corrected chi connectivity index (χ2v) is 7.88. The quantitative estimate of drug-likeness (QED) is 0.499. The molecule has 8 heteroatoms. The van der Waals surface area contributed by atoms with Gasteiger partial charge in [0.05, 0.1) is 7.11 Å². The largest absolute Gasteiger partial charge is 0.467 e. The van der Waals surface area contributed by atoms with Crippen LogP contribution in [0.3, 0.4) is 0 Å². The van der Waals surface area contributed by atoms with E-state index in [4.69, 9.17) is 9.47 Å². The van der Waals surface area contributed by atoms with Crippen LogP contribution in [0.15, 0.2) is 71.7 Å². The zero-order valence-corrected chi connectivity index (χ0v) is 18.8. The second-order valence-electron chi connectivity index (χ2n) is 6.75. The Kier molecular flexibility index (Phi) is 9.77. The highest BCUT2D eigenvalue weighted by Crippen LogP contribution is 2.12. The van der Waals surface area contributed by atoms with E-state index in [1.807, 2.05) is 60.7 Å². The lowest BCUT2D eigenvalue weighted by Crippen LogP contribution is -2.52. The normalized spacial score (nSPS) is 12.2. The van der Waals surface area contributed by atoms with E-state index in [2.05, 4.69) is 33.1 Å². The van der Waals surface area contributed by atoms with Gasteiger partial charge in [0.2, 0.25) is 5.91 Å². The fourth-order valence-electron chi connectivity index (χ4n) is 2.80. The van der Waals surface area contributed by atoms with E-state index in [0.29, 0.717) is 4.48 Å². The van der Waals surface area contributed by atoms with Crippen LogP contribution in [0.4, 0.5) is 4.79 Å². The van der Waals surface area contributed by atoms with Gasteiger partial charge < -0.3 is 20.1 Å². The summed E-state index contributed by atoms with van der Waals surface area (Å²) in [5.41, 5.74) is 1.66. The number of hydrogen-bond acceptors (Lipinski definition) is 5. The first-order chi connectivity index (χ1) is 14.9. The molecule has 0 aliphatic heterocycles. The van der Waals surface area contributed by atoms with Crippen molar-refractivity contribution in [3.05, 3.63) is 82.9 Å². The van der Waals surface area contributed by atoms with Crippen molar-refractivity contribution < 1.29 is 23.9 Å². The van der Waals surface area contributed by atoms with Crippen LogP contribution >= 0.6 is 15.9 Å². The molecule has 0 bridgehead atoms. The van der Waals surface area contributed by atoms with Gasteiger partial charge in [0, 0.05) is 12.8 Å². The van der Waals surface area contributed by atoms with Gasteiger partial charge in [-0.15, -0.1) is 0 Å². The third-order valence-electron chi connectivity index (χ3n) is 4.33. The van der Waals surface area contributed by atoms with Gasteiger partial charge in [-0.25, -0.2) is 9.59 Å². The molecule has 0 aliphatic carbocycles. The molecule has 0 radical (unpaired) electrons. The van der Waals surface area contributed by atoms with E-state index in [1.54, 1.807) is 0 Å². The van der Waals surface area contributed by atoms with E-state index in [-0.39, 0.29) is 19.4 Å². The van der Waals surface area contributed by atoms with Gasteiger partial charge >= 0.3 is 12.1 Å². The summed E-state index contributed by atoms with van der Waals surface area (Å²) in [5.74, 6) is -1.15. The molecule has 0 aliphatic rings. The number of hydrogen-bond donors (Lipinski definition) is 2. The average molecular weight is 489 g/mol. The van der Waals surface area contributed by atoms with Gasteiger partial charge in [-0.2, -0.15) is 0 Å². The summed E-state index contributed by atoms with van der Waals surface area (Å²) >= 11 is 3.19. The number of alkyl carbamates (subject to hydrolysis) is 1. The maximum atomic E-state index is 12.9. The first-order valence-corrected chi connectivity index (χ1v) is 10.4. The molecule has 2 atom stereocenters. The predicted octanol–water partition coefficient (Wildman–Crippen LogP) is 3.48. The molecule has 31 heavy (non-hydrogen) atoms. The molecule has 2 aromatic rings. The number of ether oxygens (including phenoxy) is 2. The molecule has 0 heterocycles. The van der Waals surface area contributed by atoms with Gasteiger partial charge in [0.15, 0.2) is 0 Å². The van der Waals surface area contributed by atoms with Crippen LogP contribution in [0.1, 0.15) is 17.5 Å². The molecule has 0 saturated carbocycles. The number of amides is 2. The predicted molar refractivity (Wildman–Crippen MR) is 120 cm³/mol. The molecule has 2 amide bonds. The smallest absolute Gasteiger partial charge is 0.408 e. The number of carbonyl (C=O) groups is 3. The monoisotopic (exact) mass is 488 g/mol. The van der Waals surface area contributed by atoms with Crippen molar-refractivity contribution in [2.24, 2.45) is 0 Å². The van der Waals surface area contributed by atoms with Crippen molar-refractivity contribution in [3.63, 3.8) is 0 Å². The van der Waals surface area contributed by atoms with Crippen LogP contribution in [0.25, 0.3) is 0 Å². The molecular weight excluding hydrogens is 464 g/mol. The molecule has 164 valence electrons. The molecule has 2 rings (SSSR count). The van der Waals surface area contributed by atoms with Crippen molar-refractivity contribution in [2.45, 2.75) is 31.5 Å². The van der Waals surface area contributed by atoms with Crippen molar-refractivity contribution in [1.82, 2.24) is 10.6 Å². The fraction of sp³-hybridized carbons (Fsp3) is 0.261. The molecule has 0 fully saturated rings. The molecular formula is C23H25BrN2O5. The minimum absolute atomic E-state index is 0.0700. The summed E-state index contributed by atoms with van der Waals surface area (Å²) in [5, 5.41) is 5.22. The van der Waals surface area contributed by atoms with Crippen LogP contribution in [-0.2, 0) is 32.1 Å². The van der Waals surface area contributed by atoms with Crippen molar-refractivity contribution in [3.8, 4) is 0 Å². The lowest BCUT2D eigenvalue weighted by atomic mass is 10.0. The number of carbonyl (C=O) groups excluding carboxylic acids is 3. The van der Waals surface area contributed by atoms with E-state index >= 15 is 0 Å². The van der Waals surface area contributed by atoms with Gasteiger partial charge in [0.25, 0.3) is 0 Å². The summed E-state index contributed by atoms with van der Waals surface area (Å²) in [4.78, 5) is 37.3. The highest BCUT2D eigenvalue weighted by atomic mass is 79.9. The van der Waals surface area contributed by atoms with E-state index in [0.717, 1.165) is 11.1 Å². The summed E-state index contributed by atoms with van der Waals surface area (Å²) in [6, 6.07) is 16.5. The molecule has 2 aromatic carbocycles. The molecule has 0 saturated heterocycles. The molecule has 0 aromatic heterocycles. The maximum Gasteiger partial charge on any atom is 0.408 e.